The van der Waals surface area contributed by atoms with Crippen molar-refractivity contribution < 1.29 is 0 Å². The van der Waals surface area contributed by atoms with Gasteiger partial charge in [0.2, 0.25) is 0 Å². The Morgan fingerprint density at radius 3 is 2.82 bits per heavy atom. The molecule has 90 valence electrons. The molecule has 1 aromatic rings. The molecule has 1 fully saturated rings. The molecular weight excluding hydrogens is 230 g/mol. The van der Waals surface area contributed by atoms with Crippen molar-refractivity contribution in [2.24, 2.45) is 11.3 Å². The van der Waals surface area contributed by atoms with E-state index < -0.39 is 0 Å². The molecule has 1 aliphatic carbocycles. The first kappa shape index (κ1) is 12.5. The minimum atomic E-state index is -0.175. The lowest BCUT2D eigenvalue weighted by Gasteiger charge is -2.21. The number of hydrogen-bond acceptors (Lipinski definition) is 1. The monoisotopic (exact) mass is 247 g/mol. The van der Waals surface area contributed by atoms with Crippen molar-refractivity contribution >= 4 is 11.6 Å². The Morgan fingerprint density at radius 2 is 2.24 bits per heavy atom. The van der Waals surface area contributed by atoms with Gasteiger partial charge in [-0.05, 0) is 43.2 Å². The van der Waals surface area contributed by atoms with Crippen LogP contribution >= 0.6 is 11.6 Å². The first-order chi connectivity index (χ1) is 8.19. The summed E-state index contributed by atoms with van der Waals surface area (Å²) in [6.45, 7) is 2.22. The van der Waals surface area contributed by atoms with Crippen LogP contribution < -0.4 is 0 Å². The highest BCUT2D eigenvalue weighted by molar-refractivity contribution is 6.31. The Bertz CT molecular complexity index is 435. The molecular formula is C15H18ClN. The first-order valence-corrected chi connectivity index (χ1v) is 6.71. The van der Waals surface area contributed by atoms with E-state index in [0.29, 0.717) is 0 Å². The molecule has 17 heavy (non-hydrogen) atoms. The zero-order valence-electron chi connectivity index (χ0n) is 10.2. The molecule has 0 radical (unpaired) electrons. The number of nitriles is 1. The molecule has 2 rings (SSSR count). The second-order valence-electron chi connectivity index (χ2n) is 5.18. The third-order valence-corrected chi connectivity index (χ3v) is 4.38. The molecule has 0 spiro atoms. The summed E-state index contributed by atoms with van der Waals surface area (Å²) in [7, 11) is 0. The summed E-state index contributed by atoms with van der Waals surface area (Å²) < 4.78 is 0. The summed E-state index contributed by atoms with van der Waals surface area (Å²) in [5, 5.41) is 10.3. The van der Waals surface area contributed by atoms with Gasteiger partial charge in [0.15, 0.2) is 0 Å². The number of halogens is 1. The Hall–Kier alpha value is -1.00. The lowest BCUT2D eigenvalue weighted by molar-refractivity contribution is 0.381. The van der Waals surface area contributed by atoms with Crippen molar-refractivity contribution in [3.05, 3.63) is 34.9 Å². The van der Waals surface area contributed by atoms with Gasteiger partial charge in [-0.15, -0.1) is 0 Å². The summed E-state index contributed by atoms with van der Waals surface area (Å²) in [4.78, 5) is 0. The standard InChI is InChI=1S/C15H18ClN/c1-2-12-7-8-15(9-12,11-17)10-13-5-3-4-6-14(13)16/h3-6,12H,2,7-10H2,1H3. The summed E-state index contributed by atoms with van der Waals surface area (Å²) in [6, 6.07) is 10.4. The highest BCUT2D eigenvalue weighted by atomic mass is 35.5. The van der Waals surface area contributed by atoms with Crippen LogP contribution in [0.4, 0.5) is 0 Å². The van der Waals surface area contributed by atoms with Gasteiger partial charge < -0.3 is 0 Å². The van der Waals surface area contributed by atoms with Gasteiger partial charge in [0.05, 0.1) is 11.5 Å². The molecule has 2 atom stereocenters. The molecule has 0 bridgehead atoms. The third kappa shape index (κ3) is 2.64. The maximum Gasteiger partial charge on any atom is 0.0693 e. The van der Waals surface area contributed by atoms with Gasteiger partial charge in [-0.2, -0.15) is 5.26 Å². The second kappa shape index (κ2) is 5.10. The van der Waals surface area contributed by atoms with Gasteiger partial charge in [-0.25, -0.2) is 0 Å². The van der Waals surface area contributed by atoms with E-state index in [2.05, 4.69) is 13.0 Å². The van der Waals surface area contributed by atoms with Crippen molar-refractivity contribution in [2.45, 2.75) is 39.0 Å². The smallest absolute Gasteiger partial charge is 0.0693 e. The topological polar surface area (TPSA) is 23.8 Å². The molecule has 0 N–H and O–H groups in total. The first-order valence-electron chi connectivity index (χ1n) is 6.34. The number of nitrogens with zero attached hydrogens (tertiary/aromatic N) is 1. The Morgan fingerprint density at radius 1 is 1.47 bits per heavy atom. The maximum absolute atomic E-state index is 9.49. The zero-order chi connectivity index (χ0) is 12.3. The maximum atomic E-state index is 9.49. The molecule has 1 aliphatic rings. The van der Waals surface area contributed by atoms with Gasteiger partial charge in [0, 0.05) is 5.02 Å². The van der Waals surface area contributed by atoms with Gasteiger partial charge in [-0.3, -0.25) is 0 Å². The predicted octanol–water partition coefficient (Wildman–Crippen LogP) is 4.60. The minimum absolute atomic E-state index is 0.175. The van der Waals surface area contributed by atoms with E-state index in [-0.39, 0.29) is 5.41 Å². The minimum Gasteiger partial charge on any atom is -0.198 e. The zero-order valence-corrected chi connectivity index (χ0v) is 11.0. The summed E-state index contributed by atoms with van der Waals surface area (Å²) in [5.74, 6) is 0.720. The Labute approximate surface area is 108 Å². The predicted molar refractivity (Wildman–Crippen MR) is 70.8 cm³/mol. The van der Waals surface area contributed by atoms with Gasteiger partial charge in [0.1, 0.15) is 0 Å². The number of rotatable bonds is 3. The summed E-state index contributed by atoms with van der Waals surface area (Å²) in [6.07, 6.45) is 5.23. The van der Waals surface area contributed by atoms with Crippen LogP contribution in [-0.4, -0.2) is 0 Å². The van der Waals surface area contributed by atoms with E-state index >= 15 is 0 Å². The van der Waals surface area contributed by atoms with E-state index in [4.69, 9.17) is 11.6 Å². The lowest BCUT2D eigenvalue weighted by Crippen LogP contribution is -2.18. The Balaban J connectivity index is 2.17. The van der Waals surface area contributed by atoms with E-state index in [1.807, 2.05) is 24.3 Å². The molecule has 2 heteroatoms. The van der Waals surface area contributed by atoms with E-state index in [1.165, 1.54) is 12.8 Å². The van der Waals surface area contributed by atoms with Crippen molar-refractivity contribution in [3.63, 3.8) is 0 Å². The highest BCUT2D eigenvalue weighted by Gasteiger charge is 2.38. The van der Waals surface area contributed by atoms with Crippen molar-refractivity contribution in [1.29, 1.82) is 5.26 Å². The fourth-order valence-corrected chi connectivity index (χ4v) is 3.10. The summed E-state index contributed by atoms with van der Waals surface area (Å²) >= 11 is 6.18. The number of hydrogen-bond donors (Lipinski definition) is 0. The van der Waals surface area contributed by atoms with Gasteiger partial charge >= 0.3 is 0 Å². The average molecular weight is 248 g/mol. The van der Waals surface area contributed by atoms with Crippen LogP contribution in [0.2, 0.25) is 5.02 Å². The summed E-state index contributed by atoms with van der Waals surface area (Å²) in [5.41, 5.74) is 0.943. The van der Waals surface area contributed by atoms with Crippen LogP contribution in [-0.2, 0) is 6.42 Å². The molecule has 1 aromatic carbocycles. The van der Waals surface area contributed by atoms with E-state index in [0.717, 1.165) is 35.8 Å². The van der Waals surface area contributed by atoms with Crippen LogP contribution in [0, 0.1) is 22.7 Å². The normalized spacial score (nSPS) is 27.9. The van der Waals surface area contributed by atoms with Crippen LogP contribution in [0.5, 0.6) is 0 Å². The molecule has 0 saturated heterocycles. The number of benzene rings is 1. The molecule has 2 unspecified atom stereocenters. The fourth-order valence-electron chi connectivity index (χ4n) is 2.89. The Kier molecular flexibility index (Phi) is 3.74. The average Bonchev–Trinajstić information content (AvgIpc) is 2.76. The molecule has 1 saturated carbocycles. The molecule has 0 aliphatic heterocycles. The van der Waals surface area contributed by atoms with Crippen molar-refractivity contribution in [1.82, 2.24) is 0 Å². The third-order valence-electron chi connectivity index (χ3n) is 4.01. The van der Waals surface area contributed by atoms with E-state index in [1.54, 1.807) is 0 Å². The highest BCUT2D eigenvalue weighted by Crippen LogP contribution is 2.45. The fraction of sp³-hybridized carbons (Fsp3) is 0.533. The van der Waals surface area contributed by atoms with Crippen LogP contribution in [0.25, 0.3) is 0 Å². The van der Waals surface area contributed by atoms with Crippen molar-refractivity contribution in [2.75, 3.05) is 0 Å². The SMILES string of the molecule is CCC1CCC(C#N)(Cc2ccccc2Cl)C1. The molecule has 1 nitrogen and oxygen atoms in total. The largest absolute Gasteiger partial charge is 0.198 e. The lowest BCUT2D eigenvalue weighted by atomic mass is 9.80. The second-order valence-corrected chi connectivity index (χ2v) is 5.58. The van der Waals surface area contributed by atoms with Crippen LogP contribution in [0.3, 0.4) is 0 Å². The quantitative estimate of drug-likeness (QED) is 0.766. The molecule has 0 aromatic heterocycles. The van der Waals surface area contributed by atoms with Gasteiger partial charge in [-0.1, -0.05) is 43.1 Å². The van der Waals surface area contributed by atoms with Gasteiger partial charge in [0.25, 0.3) is 0 Å². The van der Waals surface area contributed by atoms with Crippen LogP contribution in [0.15, 0.2) is 24.3 Å². The molecule has 0 heterocycles. The molecule has 0 amide bonds. The van der Waals surface area contributed by atoms with Crippen molar-refractivity contribution in [3.8, 4) is 6.07 Å². The van der Waals surface area contributed by atoms with E-state index in [9.17, 15) is 5.26 Å². The van der Waals surface area contributed by atoms with Crippen LogP contribution in [0.1, 0.15) is 38.2 Å².